The maximum Gasteiger partial charge on any atom is 0.356 e. The Balaban J connectivity index is 2.06. The summed E-state index contributed by atoms with van der Waals surface area (Å²) in [6.45, 7) is 1.74. The topological polar surface area (TPSA) is 173 Å². The number of carbonyl (C=O) groups is 4. The van der Waals surface area contributed by atoms with E-state index in [4.69, 9.17) is 5.11 Å². The van der Waals surface area contributed by atoms with E-state index in [2.05, 4.69) is 10.6 Å². The molecule has 2 atom stereocenters. The minimum Gasteiger partial charge on any atom is -0.481 e. The minimum atomic E-state index is -4.42. The molecule has 12 heteroatoms. The van der Waals surface area contributed by atoms with Crippen LogP contribution in [0.2, 0.25) is 0 Å². The van der Waals surface area contributed by atoms with E-state index in [1.807, 2.05) is 0 Å². The summed E-state index contributed by atoms with van der Waals surface area (Å²) in [5, 5.41) is 14.1. The van der Waals surface area contributed by atoms with Crippen molar-refractivity contribution < 1.29 is 38.6 Å². The second kappa shape index (κ2) is 15.0. The highest BCUT2D eigenvalue weighted by Gasteiger charge is 2.29. The maximum absolute atomic E-state index is 13.2. The number of hydrogen-bond donors (Lipinski definition) is 5. The second-order valence-corrected chi connectivity index (χ2v) is 11.7. The lowest BCUT2D eigenvalue weighted by Gasteiger charge is -2.27. The zero-order valence-corrected chi connectivity index (χ0v) is 23.0. The van der Waals surface area contributed by atoms with Crippen LogP contribution in [0.1, 0.15) is 70.3 Å². The third-order valence-corrected chi connectivity index (χ3v) is 7.85. The highest BCUT2D eigenvalue weighted by Crippen LogP contribution is 2.33. The summed E-state index contributed by atoms with van der Waals surface area (Å²) in [5.74, 6) is -1.95. The number of hydrogen-bond acceptors (Lipinski definition) is 5. The number of carboxylic acid groups (broad SMARTS) is 1. The molecule has 212 valence electrons. The molecule has 3 amide bonds. The van der Waals surface area contributed by atoms with Crippen LogP contribution in [-0.4, -0.2) is 69.2 Å². The minimum absolute atomic E-state index is 0.00389. The first-order chi connectivity index (χ1) is 17.9. The largest absolute Gasteiger partial charge is 0.481 e. The van der Waals surface area contributed by atoms with Gasteiger partial charge in [-0.3, -0.25) is 23.7 Å². The molecule has 0 unspecified atom stereocenters. The van der Waals surface area contributed by atoms with E-state index in [0.717, 1.165) is 12.8 Å². The van der Waals surface area contributed by atoms with Crippen LogP contribution < -0.4 is 15.9 Å². The van der Waals surface area contributed by atoms with Crippen molar-refractivity contribution >= 4 is 36.6 Å². The smallest absolute Gasteiger partial charge is 0.356 e. The number of benzene rings is 1. The molecule has 2 rings (SSSR count). The molecule has 11 nitrogen and oxygen atoms in total. The van der Waals surface area contributed by atoms with Crippen LogP contribution >= 0.6 is 7.60 Å². The van der Waals surface area contributed by atoms with Crippen LogP contribution in [0.25, 0.3) is 0 Å². The Morgan fingerprint density at radius 2 is 1.66 bits per heavy atom. The molecular formula is C26H40N3O8P. The summed E-state index contributed by atoms with van der Waals surface area (Å²) < 4.78 is 11.4. The van der Waals surface area contributed by atoms with Gasteiger partial charge in [-0.15, -0.1) is 0 Å². The standard InChI is InChI=1S/C26H40N3O8P/c1-18(30)27-23(17-20-10-12-21(13-11-20)38(35,36)37)25(33)28-22(14-15-24(31)32)26(34)29(2)16-6-9-19-7-4-3-5-8-19/h10-13,19,22-23H,3-9,14-17H2,1-2H3,(H,27,30)(H,28,33)(H,31,32)(H2,35,36,37)/t22-,23-/m0/s1. The van der Waals surface area contributed by atoms with Crippen molar-refractivity contribution in [3.05, 3.63) is 29.8 Å². The molecule has 1 saturated carbocycles. The number of rotatable bonds is 14. The Hall–Kier alpha value is -2.75. The zero-order chi connectivity index (χ0) is 28.3. The molecular weight excluding hydrogens is 513 g/mol. The molecule has 1 aromatic rings. The molecule has 0 aliphatic heterocycles. The quantitative estimate of drug-likeness (QED) is 0.217. The average molecular weight is 554 g/mol. The van der Waals surface area contributed by atoms with Crippen molar-refractivity contribution in [3.63, 3.8) is 0 Å². The molecule has 1 aromatic carbocycles. The van der Waals surface area contributed by atoms with Crippen LogP contribution in [0, 0.1) is 5.92 Å². The number of amides is 3. The van der Waals surface area contributed by atoms with Crippen LogP contribution in [-0.2, 0) is 30.2 Å². The molecule has 1 aliphatic rings. The molecule has 0 spiro atoms. The molecule has 0 bridgehead atoms. The average Bonchev–Trinajstić information content (AvgIpc) is 2.85. The number of nitrogens with zero attached hydrogens (tertiary/aromatic N) is 1. The first-order valence-electron chi connectivity index (χ1n) is 13.1. The summed E-state index contributed by atoms with van der Waals surface area (Å²) in [4.78, 5) is 69.4. The van der Waals surface area contributed by atoms with Gasteiger partial charge in [-0.1, -0.05) is 44.2 Å². The van der Waals surface area contributed by atoms with Crippen molar-refractivity contribution in [3.8, 4) is 0 Å². The number of carbonyl (C=O) groups excluding carboxylic acids is 3. The monoisotopic (exact) mass is 553 g/mol. The lowest BCUT2D eigenvalue weighted by molar-refractivity contribution is -0.139. The summed E-state index contributed by atoms with van der Waals surface area (Å²) in [7, 11) is -2.79. The number of carboxylic acids is 1. The van der Waals surface area contributed by atoms with Gasteiger partial charge in [0.25, 0.3) is 0 Å². The van der Waals surface area contributed by atoms with Crippen molar-refractivity contribution in [1.82, 2.24) is 15.5 Å². The zero-order valence-electron chi connectivity index (χ0n) is 22.1. The molecule has 0 saturated heterocycles. The van der Waals surface area contributed by atoms with Gasteiger partial charge in [0.15, 0.2) is 0 Å². The van der Waals surface area contributed by atoms with Crippen molar-refractivity contribution in [2.45, 2.75) is 83.2 Å². The van der Waals surface area contributed by atoms with Crippen LogP contribution in [0.5, 0.6) is 0 Å². The first-order valence-corrected chi connectivity index (χ1v) is 14.7. The van der Waals surface area contributed by atoms with Crippen molar-refractivity contribution in [1.29, 1.82) is 0 Å². The van der Waals surface area contributed by atoms with Gasteiger partial charge >= 0.3 is 13.6 Å². The van der Waals surface area contributed by atoms with Crippen molar-refractivity contribution in [2.24, 2.45) is 5.92 Å². The number of nitrogens with one attached hydrogen (secondary N) is 2. The van der Waals surface area contributed by atoms with E-state index < -0.39 is 43.4 Å². The second-order valence-electron chi connectivity index (χ2n) is 10.1. The van der Waals surface area contributed by atoms with Gasteiger partial charge in [0.2, 0.25) is 17.7 Å². The van der Waals surface area contributed by atoms with Gasteiger partial charge in [0.1, 0.15) is 12.1 Å². The summed E-state index contributed by atoms with van der Waals surface area (Å²) in [6, 6.07) is 3.24. The fraction of sp³-hybridized carbons (Fsp3) is 0.615. The fourth-order valence-corrected chi connectivity index (χ4v) is 5.32. The molecule has 38 heavy (non-hydrogen) atoms. The van der Waals surface area contributed by atoms with Gasteiger partial charge in [-0.25, -0.2) is 0 Å². The lowest BCUT2D eigenvalue weighted by atomic mass is 9.86. The van der Waals surface area contributed by atoms with Gasteiger partial charge in [-0.2, -0.15) is 0 Å². The summed E-state index contributed by atoms with van der Waals surface area (Å²) in [5.41, 5.74) is 0.532. The van der Waals surface area contributed by atoms with Crippen LogP contribution in [0.4, 0.5) is 0 Å². The Morgan fingerprint density at radius 1 is 1.03 bits per heavy atom. The molecule has 0 radical (unpaired) electrons. The van der Waals surface area contributed by atoms with Crippen LogP contribution in [0.3, 0.4) is 0 Å². The highest BCUT2D eigenvalue weighted by molar-refractivity contribution is 7.60. The van der Waals surface area contributed by atoms with Gasteiger partial charge < -0.3 is 30.4 Å². The molecule has 1 fully saturated rings. The van der Waals surface area contributed by atoms with Gasteiger partial charge in [0, 0.05) is 33.4 Å². The van der Waals surface area contributed by atoms with E-state index in [1.54, 1.807) is 7.05 Å². The van der Waals surface area contributed by atoms with E-state index in [1.165, 1.54) is 68.2 Å². The van der Waals surface area contributed by atoms with E-state index >= 15 is 0 Å². The lowest BCUT2D eigenvalue weighted by Crippen LogP contribution is -2.54. The fourth-order valence-electron chi connectivity index (χ4n) is 4.78. The molecule has 5 N–H and O–H groups in total. The predicted octanol–water partition coefficient (Wildman–Crippen LogP) is 1.71. The Bertz CT molecular complexity index is 1000. The Morgan fingerprint density at radius 3 is 2.21 bits per heavy atom. The maximum atomic E-state index is 13.2. The van der Waals surface area contributed by atoms with Crippen LogP contribution in [0.15, 0.2) is 24.3 Å². The number of aliphatic carboxylic acids is 1. The Kier molecular flexibility index (Phi) is 12.4. The SMILES string of the molecule is CC(=O)N[C@@H](Cc1ccc(P(=O)(O)O)cc1)C(=O)N[C@@H](CCC(=O)O)C(=O)N(C)CCCC1CCCCC1. The molecule has 0 heterocycles. The van der Waals surface area contributed by atoms with Crippen molar-refractivity contribution in [2.75, 3.05) is 13.6 Å². The molecule has 0 aromatic heterocycles. The Labute approximate surface area is 223 Å². The van der Waals surface area contributed by atoms with E-state index in [9.17, 15) is 33.5 Å². The predicted molar refractivity (Wildman–Crippen MR) is 142 cm³/mol. The van der Waals surface area contributed by atoms with E-state index in [0.29, 0.717) is 18.0 Å². The third-order valence-electron chi connectivity index (χ3n) is 6.87. The van der Waals surface area contributed by atoms with Gasteiger partial charge in [0.05, 0.1) is 5.30 Å². The molecule has 1 aliphatic carbocycles. The highest BCUT2D eigenvalue weighted by atomic mass is 31.2. The first kappa shape index (κ1) is 31.5. The third kappa shape index (κ3) is 10.9. The summed E-state index contributed by atoms with van der Waals surface area (Å²) >= 11 is 0. The number of likely N-dealkylation sites (N-methyl/N-ethyl adjacent to an activating group) is 1. The van der Waals surface area contributed by atoms with E-state index in [-0.39, 0.29) is 24.6 Å². The van der Waals surface area contributed by atoms with Gasteiger partial charge in [-0.05, 0) is 42.9 Å². The summed E-state index contributed by atoms with van der Waals surface area (Å²) in [6.07, 6.45) is 7.61. The normalized spacial score (nSPS) is 15.8.